The van der Waals surface area contributed by atoms with Gasteiger partial charge in [0.15, 0.2) is 19.8 Å². The molecular formula is C41H54EuO13. The summed E-state index contributed by atoms with van der Waals surface area (Å²) in [6, 6.07) is 10.9. The number of aliphatic carboxylic acids is 3. The minimum Gasteiger partial charge on any atom is -0.481 e. The number of carboxylic acids is 3. The molecule has 3 aromatic rings. The van der Waals surface area contributed by atoms with Crippen molar-refractivity contribution in [2.45, 2.75) is 73.5 Å². The molecule has 0 amide bonds. The minimum absolute atomic E-state index is 0. The number of unbranched alkanes of at least 4 members (excludes halogenated alkanes) is 2. The topological polar surface area (TPSA) is 177 Å². The molecule has 0 saturated carbocycles. The Morgan fingerprint density at radius 2 is 0.782 bits per heavy atom. The van der Waals surface area contributed by atoms with E-state index in [-0.39, 0.29) is 79.8 Å². The molecule has 0 heterocycles. The first-order valence-corrected chi connectivity index (χ1v) is 18.2. The molecular weight excluding hydrogens is 852 g/mol. The van der Waals surface area contributed by atoms with Gasteiger partial charge in [0.1, 0.15) is 17.2 Å². The molecule has 0 aliphatic heterocycles. The predicted molar refractivity (Wildman–Crippen MR) is 202 cm³/mol. The standard InChI is InChI=1S/C41H54O13.Eu/c1-6-8-10-48-12-14-50-22-30-16-27(3)18-32(39(30)52-24-36(42)43)34-20-29(5)21-35(41(34)54-26-38(46)47)33-19-28(4)17-31(40(33)53-25-37(44)45)23-51-15-13-49-11-9-7-2;/h16-21H,6-15,22-26H2,1-5H3,(H,42,43)(H,44,45)(H,46,47);. The molecule has 303 valence electrons. The van der Waals surface area contributed by atoms with Crippen LogP contribution in [-0.4, -0.2) is 92.7 Å². The van der Waals surface area contributed by atoms with E-state index >= 15 is 0 Å². The molecule has 0 atom stereocenters. The fraction of sp³-hybridized carbons (Fsp3) is 0.488. The number of rotatable bonds is 27. The van der Waals surface area contributed by atoms with E-state index in [2.05, 4.69) is 13.8 Å². The van der Waals surface area contributed by atoms with Gasteiger partial charge in [0.05, 0.1) is 39.6 Å². The van der Waals surface area contributed by atoms with Crippen molar-refractivity contribution in [3.8, 4) is 39.5 Å². The fourth-order valence-electron chi connectivity index (χ4n) is 5.68. The van der Waals surface area contributed by atoms with Crippen molar-refractivity contribution in [3.05, 3.63) is 64.2 Å². The van der Waals surface area contributed by atoms with Crippen LogP contribution in [0, 0.1) is 70.1 Å². The van der Waals surface area contributed by atoms with Crippen molar-refractivity contribution >= 4 is 17.9 Å². The van der Waals surface area contributed by atoms with E-state index in [1.54, 1.807) is 24.3 Å². The monoisotopic (exact) mass is 907 g/mol. The molecule has 3 N–H and O–H groups in total. The molecule has 13 nitrogen and oxygen atoms in total. The van der Waals surface area contributed by atoms with Crippen LogP contribution >= 0.6 is 0 Å². The molecule has 55 heavy (non-hydrogen) atoms. The second-order valence-electron chi connectivity index (χ2n) is 12.9. The summed E-state index contributed by atoms with van der Waals surface area (Å²) in [5.41, 5.74) is 5.24. The van der Waals surface area contributed by atoms with Crippen LogP contribution in [0.5, 0.6) is 17.2 Å². The third-order valence-electron chi connectivity index (χ3n) is 8.00. The molecule has 0 aliphatic carbocycles. The van der Waals surface area contributed by atoms with Gasteiger partial charge >= 0.3 is 17.9 Å². The molecule has 14 heteroatoms. The maximum atomic E-state index is 11.9. The summed E-state index contributed by atoms with van der Waals surface area (Å²) >= 11 is 0. The largest absolute Gasteiger partial charge is 0.481 e. The maximum Gasteiger partial charge on any atom is 0.341 e. The molecule has 3 rings (SSSR count). The van der Waals surface area contributed by atoms with Crippen LogP contribution in [0.25, 0.3) is 22.3 Å². The Morgan fingerprint density at radius 1 is 0.473 bits per heavy atom. The van der Waals surface area contributed by atoms with Gasteiger partial charge in [0, 0.05) is 96.0 Å². The maximum absolute atomic E-state index is 11.9. The number of hydrogen-bond acceptors (Lipinski definition) is 10. The predicted octanol–water partition coefficient (Wildman–Crippen LogP) is 7.00. The zero-order valence-corrected chi connectivity index (χ0v) is 34.8. The van der Waals surface area contributed by atoms with Gasteiger partial charge < -0.3 is 48.5 Å². The van der Waals surface area contributed by atoms with Crippen LogP contribution < -0.4 is 14.2 Å². The van der Waals surface area contributed by atoms with E-state index in [9.17, 15) is 29.7 Å². The summed E-state index contributed by atoms with van der Waals surface area (Å²) in [6.45, 7) is 10.6. The number of ether oxygens (including phenoxy) is 7. The van der Waals surface area contributed by atoms with Gasteiger partial charge in [0.25, 0.3) is 0 Å². The molecule has 0 bridgehead atoms. The van der Waals surface area contributed by atoms with Gasteiger partial charge in [-0.05, 0) is 74.6 Å². The van der Waals surface area contributed by atoms with Gasteiger partial charge in [-0.15, -0.1) is 0 Å². The van der Waals surface area contributed by atoms with Crippen LogP contribution in [-0.2, 0) is 46.5 Å². The summed E-state index contributed by atoms with van der Waals surface area (Å²) in [5.74, 6) is -3.00. The quantitative estimate of drug-likeness (QED) is 0.0668. The number of carbonyl (C=O) groups is 3. The molecule has 0 fully saturated rings. The number of aryl methyl sites for hydroxylation is 3. The Balaban J connectivity index is 0.0000105. The van der Waals surface area contributed by atoms with Crippen molar-refractivity contribution in [1.82, 2.24) is 0 Å². The smallest absolute Gasteiger partial charge is 0.341 e. The Labute approximate surface area is 364 Å². The first-order valence-electron chi connectivity index (χ1n) is 18.2. The summed E-state index contributed by atoms with van der Waals surface area (Å²) in [4.78, 5) is 35.4. The SMILES string of the molecule is CCCCOCCOCc1cc(C)cc(-c2cc(C)cc(-c3cc(C)cc(COCCOCCCC)c3OCC(=O)O)c2OCC(=O)O)c1OCC(=O)O.[Eu]. The summed E-state index contributed by atoms with van der Waals surface area (Å²) < 4.78 is 41.0. The molecule has 0 spiro atoms. The fourth-order valence-corrected chi connectivity index (χ4v) is 5.68. The van der Waals surface area contributed by atoms with Crippen LogP contribution in [0.4, 0.5) is 0 Å². The van der Waals surface area contributed by atoms with Gasteiger partial charge in [-0.3, -0.25) is 0 Å². The average Bonchev–Trinajstić information content (AvgIpc) is 3.11. The van der Waals surface area contributed by atoms with Crippen LogP contribution in [0.3, 0.4) is 0 Å². The first-order chi connectivity index (χ1) is 25.9. The third kappa shape index (κ3) is 16.5. The summed E-state index contributed by atoms with van der Waals surface area (Å²) in [5, 5.41) is 28.9. The molecule has 3 aromatic carbocycles. The normalized spacial score (nSPS) is 10.9. The van der Waals surface area contributed by atoms with E-state index in [1.165, 1.54) is 0 Å². The second kappa shape index (κ2) is 25.9. The van der Waals surface area contributed by atoms with Crippen molar-refractivity contribution in [2.24, 2.45) is 0 Å². The first kappa shape index (κ1) is 48.0. The van der Waals surface area contributed by atoms with E-state index in [0.29, 0.717) is 73.0 Å². The van der Waals surface area contributed by atoms with Crippen molar-refractivity contribution < 1.29 is 112 Å². The van der Waals surface area contributed by atoms with Crippen molar-refractivity contribution in [2.75, 3.05) is 59.5 Å². The van der Waals surface area contributed by atoms with Gasteiger partial charge in [-0.1, -0.05) is 38.8 Å². The average molecular weight is 907 g/mol. The van der Waals surface area contributed by atoms with Gasteiger partial charge in [-0.25, -0.2) is 14.4 Å². The van der Waals surface area contributed by atoms with Crippen molar-refractivity contribution in [1.29, 1.82) is 0 Å². The Morgan fingerprint density at radius 3 is 1.13 bits per heavy atom. The zero-order chi connectivity index (χ0) is 39.5. The molecule has 0 aliphatic rings. The van der Waals surface area contributed by atoms with E-state index in [1.807, 2.05) is 32.9 Å². The van der Waals surface area contributed by atoms with Crippen LogP contribution in [0.1, 0.15) is 67.3 Å². The Bertz CT molecular complexity index is 1580. The number of carboxylic acid groups (broad SMARTS) is 3. The zero-order valence-electron chi connectivity index (χ0n) is 32.4. The van der Waals surface area contributed by atoms with E-state index in [0.717, 1.165) is 42.4 Å². The van der Waals surface area contributed by atoms with Gasteiger partial charge in [0.2, 0.25) is 0 Å². The third-order valence-corrected chi connectivity index (χ3v) is 8.00. The van der Waals surface area contributed by atoms with Crippen LogP contribution in [0.2, 0.25) is 0 Å². The van der Waals surface area contributed by atoms with Crippen LogP contribution in [0.15, 0.2) is 36.4 Å². The summed E-state index contributed by atoms with van der Waals surface area (Å²) in [6.07, 6.45) is 3.92. The van der Waals surface area contributed by atoms with E-state index < -0.39 is 37.7 Å². The van der Waals surface area contributed by atoms with Crippen molar-refractivity contribution in [3.63, 3.8) is 0 Å². The number of benzene rings is 3. The second-order valence-corrected chi connectivity index (χ2v) is 12.9. The Hall–Kier alpha value is -3.11. The Kier molecular flexibility index (Phi) is 22.7. The summed E-state index contributed by atoms with van der Waals surface area (Å²) in [7, 11) is 0. The molecule has 1 radical (unpaired) electrons. The molecule has 0 unspecified atom stereocenters. The van der Waals surface area contributed by atoms with E-state index in [4.69, 9.17) is 33.2 Å². The van der Waals surface area contributed by atoms with Gasteiger partial charge in [-0.2, -0.15) is 0 Å². The minimum atomic E-state index is -1.23. The molecule has 0 saturated heterocycles. The molecule has 0 aromatic heterocycles. The number of hydrogen-bond donors (Lipinski definition) is 3.